The summed E-state index contributed by atoms with van der Waals surface area (Å²) >= 11 is 0. The van der Waals surface area contributed by atoms with E-state index in [4.69, 9.17) is 14.2 Å². The lowest BCUT2D eigenvalue weighted by molar-refractivity contribution is -0.145. The highest BCUT2D eigenvalue weighted by Gasteiger charge is 2.27. The zero-order valence-corrected chi connectivity index (χ0v) is 17.3. The van der Waals surface area contributed by atoms with E-state index in [0.717, 1.165) is 24.0 Å². The van der Waals surface area contributed by atoms with Crippen LogP contribution in [0, 0.1) is 17.8 Å². The molecular formula is C25H28O4. The van der Waals surface area contributed by atoms with Crippen LogP contribution in [-0.2, 0) is 9.53 Å². The van der Waals surface area contributed by atoms with Crippen LogP contribution < -0.4 is 9.47 Å². The van der Waals surface area contributed by atoms with Crippen molar-refractivity contribution in [3.05, 3.63) is 59.7 Å². The molecule has 0 amide bonds. The molecule has 1 aliphatic carbocycles. The van der Waals surface area contributed by atoms with Gasteiger partial charge in [-0.15, -0.1) is 0 Å². The maximum absolute atomic E-state index is 12.3. The van der Waals surface area contributed by atoms with Crippen molar-refractivity contribution in [2.45, 2.75) is 44.6 Å². The second-order valence-electron chi connectivity index (χ2n) is 7.36. The number of rotatable bonds is 6. The first-order valence-electron chi connectivity index (χ1n) is 10.1. The Balaban J connectivity index is 1.95. The number of methoxy groups -OCH3 is 2. The molecule has 1 saturated carbocycles. The van der Waals surface area contributed by atoms with Crippen molar-refractivity contribution in [2.24, 2.45) is 5.92 Å². The van der Waals surface area contributed by atoms with Gasteiger partial charge in [0.15, 0.2) is 11.5 Å². The molecule has 0 saturated heterocycles. The van der Waals surface area contributed by atoms with Crippen molar-refractivity contribution < 1.29 is 19.0 Å². The Labute approximate surface area is 173 Å². The average Bonchev–Trinajstić information content (AvgIpc) is 3.27. The fourth-order valence-corrected chi connectivity index (χ4v) is 3.67. The summed E-state index contributed by atoms with van der Waals surface area (Å²) < 4.78 is 16.7. The molecule has 0 aliphatic heterocycles. The minimum Gasteiger partial charge on any atom is -0.493 e. The van der Waals surface area contributed by atoms with Gasteiger partial charge in [-0.2, -0.15) is 0 Å². The summed E-state index contributed by atoms with van der Waals surface area (Å²) in [6, 6.07) is 15.6. The molecule has 0 radical (unpaired) electrons. The molecule has 0 spiro atoms. The molecule has 2 unspecified atom stereocenters. The van der Waals surface area contributed by atoms with E-state index < -0.39 is 5.92 Å². The molecule has 0 bridgehead atoms. The molecule has 3 rings (SSSR count). The minimum atomic E-state index is -0.413. The maximum atomic E-state index is 12.3. The SMILES string of the molecule is COC(=O)C(C)C(C#Cc1ccccc1)c1ccc(OC)c(OC2CCCC2)c1. The molecule has 4 nitrogen and oxygen atoms in total. The van der Waals surface area contributed by atoms with Crippen LogP contribution in [-0.4, -0.2) is 26.3 Å². The summed E-state index contributed by atoms with van der Waals surface area (Å²) in [5, 5.41) is 0. The van der Waals surface area contributed by atoms with Gasteiger partial charge in [-0.05, 0) is 55.5 Å². The van der Waals surface area contributed by atoms with E-state index in [1.807, 2.05) is 55.5 Å². The van der Waals surface area contributed by atoms with Crippen LogP contribution in [0.5, 0.6) is 11.5 Å². The number of esters is 1. The second-order valence-corrected chi connectivity index (χ2v) is 7.36. The predicted octanol–water partition coefficient (Wildman–Crippen LogP) is 4.96. The molecule has 152 valence electrons. The highest BCUT2D eigenvalue weighted by Crippen LogP contribution is 2.36. The molecule has 0 N–H and O–H groups in total. The van der Waals surface area contributed by atoms with Crippen LogP contribution in [0.4, 0.5) is 0 Å². The Kier molecular flexibility index (Phi) is 7.19. The Morgan fingerprint density at radius 1 is 1.03 bits per heavy atom. The van der Waals surface area contributed by atoms with Crippen LogP contribution in [0.2, 0.25) is 0 Å². The van der Waals surface area contributed by atoms with Gasteiger partial charge >= 0.3 is 5.97 Å². The van der Waals surface area contributed by atoms with E-state index in [2.05, 4.69) is 11.8 Å². The molecule has 1 aliphatic rings. The summed E-state index contributed by atoms with van der Waals surface area (Å²) in [4.78, 5) is 12.3. The maximum Gasteiger partial charge on any atom is 0.309 e. The van der Waals surface area contributed by atoms with Crippen molar-refractivity contribution in [1.29, 1.82) is 0 Å². The quantitative estimate of drug-likeness (QED) is 0.515. The van der Waals surface area contributed by atoms with Crippen LogP contribution in [0.1, 0.15) is 49.7 Å². The van der Waals surface area contributed by atoms with E-state index in [0.29, 0.717) is 11.5 Å². The Morgan fingerprint density at radius 2 is 1.76 bits per heavy atom. The molecule has 2 atom stereocenters. The average molecular weight is 392 g/mol. The van der Waals surface area contributed by atoms with Crippen molar-refractivity contribution >= 4 is 5.97 Å². The summed E-state index contributed by atoms with van der Waals surface area (Å²) in [5.74, 6) is 6.86. The molecule has 0 heterocycles. The van der Waals surface area contributed by atoms with Gasteiger partial charge in [-0.1, -0.05) is 43.0 Å². The molecule has 1 fully saturated rings. The van der Waals surface area contributed by atoms with Gasteiger partial charge < -0.3 is 14.2 Å². The first-order valence-corrected chi connectivity index (χ1v) is 10.1. The largest absolute Gasteiger partial charge is 0.493 e. The van der Waals surface area contributed by atoms with Gasteiger partial charge in [-0.3, -0.25) is 4.79 Å². The zero-order chi connectivity index (χ0) is 20.6. The molecule has 2 aromatic rings. The zero-order valence-electron chi connectivity index (χ0n) is 17.3. The molecule has 4 heteroatoms. The lowest BCUT2D eigenvalue weighted by atomic mass is 9.87. The van der Waals surface area contributed by atoms with Crippen molar-refractivity contribution in [3.63, 3.8) is 0 Å². The molecular weight excluding hydrogens is 364 g/mol. The Morgan fingerprint density at radius 3 is 2.41 bits per heavy atom. The smallest absolute Gasteiger partial charge is 0.309 e. The number of hydrogen-bond donors (Lipinski definition) is 0. The number of carbonyl (C=O) groups excluding carboxylic acids is 1. The van der Waals surface area contributed by atoms with Gasteiger partial charge in [-0.25, -0.2) is 0 Å². The van der Waals surface area contributed by atoms with Gasteiger partial charge in [0.1, 0.15) is 0 Å². The highest BCUT2D eigenvalue weighted by atomic mass is 16.5. The van der Waals surface area contributed by atoms with E-state index in [1.54, 1.807) is 7.11 Å². The first-order chi connectivity index (χ1) is 14.1. The van der Waals surface area contributed by atoms with E-state index in [-0.39, 0.29) is 18.0 Å². The lowest BCUT2D eigenvalue weighted by Gasteiger charge is -2.21. The number of benzene rings is 2. The van der Waals surface area contributed by atoms with Crippen molar-refractivity contribution in [3.8, 4) is 23.3 Å². The number of carbonyl (C=O) groups is 1. The third kappa shape index (κ3) is 5.32. The minimum absolute atomic E-state index is 0.214. The summed E-state index contributed by atoms with van der Waals surface area (Å²) in [7, 11) is 3.05. The van der Waals surface area contributed by atoms with Crippen LogP contribution >= 0.6 is 0 Å². The van der Waals surface area contributed by atoms with Gasteiger partial charge in [0.25, 0.3) is 0 Å². The Bertz CT molecular complexity index is 873. The molecule has 2 aromatic carbocycles. The van der Waals surface area contributed by atoms with E-state index in [1.165, 1.54) is 20.0 Å². The standard InChI is InChI=1S/C25H28O4/c1-18(25(26)28-3)22(15-13-19-9-5-4-6-10-19)20-14-16-23(27-2)24(17-20)29-21-11-7-8-12-21/h4-6,9-10,14,16-18,21-22H,7-8,11-12H2,1-3H3. The highest BCUT2D eigenvalue weighted by molar-refractivity contribution is 5.74. The monoisotopic (exact) mass is 392 g/mol. The summed E-state index contributed by atoms with van der Waals surface area (Å²) in [6.07, 6.45) is 4.71. The van der Waals surface area contributed by atoms with Gasteiger partial charge in [0.05, 0.1) is 32.2 Å². The number of ether oxygens (including phenoxy) is 3. The van der Waals surface area contributed by atoms with Crippen LogP contribution in [0.25, 0.3) is 0 Å². The fourth-order valence-electron chi connectivity index (χ4n) is 3.67. The topological polar surface area (TPSA) is 44.8 Å². The summed E-state index contributed by atoms with van der Waals surface area (Å²) in [5.41, 5.74) is 1.82. The fraction of sp³-hybridized carbons (Fsp3) is 0.400. The third-order valence-corrected chi connectivity index (χ3v) is 5.36. The third-order valence-electron chi connectivity index (χ3n) is 5.36. The lowest BCUT2D eigenvalue weighted by Crippen LogP contribution is -2.20. The van der Waals surface area contributed by atoms with E-state index >= 15 is 0 Å². The second kappa shape index (κ2) is 10.0. The van der Waals surface area contributed by atoms with Crippen LogP contribution in [0.3, 0.4) is 0 Å². The molecule has 0 aromatic heterocycles. The first kappa shape index (κ1) is 20.8. The van der Waals surface area contributed by atoms with Gasteiger partial charge in [0.2, 0.25) is 0 Å². The van der Waals surface area contributed by atoms with Crippen molar-refractivity contribution in [1.82, 2.24) is 0 Å². The predicted molar refractivity (Wildman–Crippen MR) is 113 cm³/mol. The number of hydrogen-bond acceptors (Lipinski definition) is 4. The van der Waals surface area contributed by atoms with E-state index in [9.17, 15) is 4.79 Å². The molecule has 29 heavy (non-hydrogen) atoms. The Hall–Kier alpha value is -2.93. The summed E-state index contributed by atoms with van der Waals surface area (Å²) in [6.45, 7) is 1.85. The normalized spacial score (nSPS) is 15.7. The van der Waals surface area contributed by atoms with Gasteiger partial charge in [0, 0.05) is 5.56 Å². The van der Waals surface area contributed by atoms with Crippen molar-refractivity contribution in [2.75, 3.05) is 14.2 Å². The van der Waals surface area contributed by atoms with Crippen LogP contribution in [0.15, 0.2) is 48.5 Å².